The van der Waals surface area contributed by atoms with Gasteiger partial charge in [0.25, 0.3) is 5.91 Å². The van der Waals surface area contributed by atoms with Crippen molar-refractivity contribution in [1.29, 1.82) is 0 Å². The fourth-order valence-electron chi connectivity index (χ4n) is 4.77. The van der Waals surface area contributed by atoms with Gasteiger partial charge >= 0.3 is 0 Å². The Hall–Kier alpha value is -1.83. The van der Waals surface area contributed by atoms with Gasteiger partial charge in [0, 0.05) is 49.9 Å². The minimum atomic E-state index is -0.00920. The molecule has 3 unspecified atom stereocenters. The third kappa shape index (κ3) is 6.15. The second-order valence-corrected chi connectivity index (χ2v) is 10.7. The smallest absolute Gasteiger partial charge is 0.257 e. The first-order valence-corrected chi connectivity index (χ1v) is 12.8. The molecule has 0 bridgehead atoms. The first kappa shape index (κ1) is 23.3. The zero-order chi connectivity index (χ0) is 22.5. The van der Waals surface area contributed by atoms with Crippen molar-refractivity contribution in [1.82, 2.24) is 20.4 Å². The Balaban J connectivity index is 1.21. The molecule has 4 rings (SSSR count). The molecule has 6 nitrogen and oxygen atoms in total. The molecule has 2 aliphatic heterocycles. The number of nitrogens with zero attached hydrogens (tertiary/aromatic N) is 2. The van der Waals surface area contributed by atoms with Gasteiger partial charge in [-0.05, 0) is 57.8 Å². The van der Waals surface area contributed by atoms with Crippen LogP contribution in [0.15, 0.2) is 29.2 Å². The van der Waals surface area contributed by atoms with E-state index in [9.17, 15) is 9.59 Å². The van der Waals surface area contributed by atoms with Crippen LogP contribution in [0, 0.1) is 12.8 Å². The van der Waals surface area contributed by atoms with Crippen LogP contribution in [0.2, 0.25) is 0 Å². The summed E-state index contributed by atoms with van der Waals surface area (Å²) < 4.78 is 0. The predicted molar refractivity (Wildman–Crippen MR) is 131 cm³/mol. The van der Waals surface area contributed by atoms with E-state index in [1.165, 1.54) is 5.56 Å². The molecule has 0 spiro atoms. The number of hydrogen-bond donors (Lipinski definition) is 2. The fraction of sp³-hybridized carbons (Fsp3) is 0.600. The molecule has 1 saturated carbocycles. The van der Waals surface area contributed by atoms with Gasteiger partial charge in [0.2, 0.25) is 5.91 Å². The Bertz CT molecular complexity index is 833. The van der Waals surface area contributed by atoms with E-state index < -0.39 is 0 Å². The van der Waals surface area contributed by atoms with Crippen molar-refractivity contribution >= 4 is 29.7 Å². The lowest BCUT2D eigenvalue weighted by molar-refractivity contribution is -0.127. The van der Waals surface area contributed by atoms with Crippen molar-refractivity contribution in [3.63, 3.8) is 0 Å². The van der Waals surface area contributed by atoms with Crippen LogP contribution in [0.5, 0.6) is 0 Å². The molecule has 32 heavy (non-hydrogen) atoms. The Labute approximate surface area is 196 Å². The maximum atomic E-state index is 12.7. The van der Waals surface area contributed by atoms with Gasteiger partial charge in [-0.1, -0.05) is 29.8 Å². The second kappa shape index (κ2) is 10.9. The first-order chi connectivity index (χ1) is 15.5. The lowest BCUT2D eigenvalue weighted by Crippen LogP contribution is -2.51. The number of carbonyl (C=O) groups excluding carboxylic acids is 2. The number of carbonyl (C=O) groups is 2. The molecular formula is C25H36N4O2S. The highest BCUT2D eigenvalue weighted by Gasteiger charge is 2.39. The van der Waals surface area contributed by atoms with E-state index in [1.807, 2.05) is 18.2 Å². The van der Waals surface area contributed by atoms with Crippen molar-refractivity contribution in [2.24, 2.45) is 5.92 Å². The lowest BCUT2D eigenvalue weighted by Gasteiger charge is -2.39. The average Bonchev–Trinajstić information content (AvgIpc) is 2.79. The zero-order valence-corrected chi connectivity index (χ0v) is 20.1. The number of rotatable bonds is 6. The van der Waals surface area contributed by atoms with Gasteiger partial charge in [-0.2, -0.15) is 0 Å². The summed E-state index contributed by atoms with van der Waals surface area (Å²) in [5.41, 5.74) is 2.26. The van der Waals surface area contributed by atoms with Gasteiger partial charge in [0.05, 0.1) is 4.91 Å². The molecule has 174 valence electrons. The molecule has 1 aliphatic carbocycles. The van der Waals surface area contributed by atoms with Crippen LogP contribution < -0.4 is 10.6 Å². The number of amides is 2. The molecule has 1 aromatic rings. The molecule has 3 fully saturated rings. The lowest BCUT2D eigenvalue weighted by atomic mass is 9.84. The summed E-state index contributed by atoms with van der Waals surface area (Å²) in [5, 5.41) is 6.68. The molecule has 2 saturated heterocycles. The molecule has 3 atom stereocenters. The van der Waals surface area contributed by atoms with Gasteiger partial charge in [-0.3, -0.25) is 9.59 Å². The van der Waals surface area contributed by atoms with Crippen LogP contribution in [-0.4, -0.2) is 79.2 Å². The van der Waals surface area contributed by atoms with E-state index in [4.69, 9.17) is 0 Å². The normalized spacial score (nSPS) is 28.2. The summed E-state index contributed by atoms with van der Waals surface area (Å²) in [5.74, 6) is 0.149. The van der Waals surface area contributed by atoms with E-state index in [2.05, 4.69) is 46.5 Å². The zero-order valence-electron chi connectivity index (χ0n) is 19.3. The van der Waals surface area contributed by atoms with E-state index >= 15 is 0 Å². The summed E-state index contributed by atoms with van der Waals surface area (Å²) in [6, 6.07) is 8.31. The van der Waals surface area contributed by atoms with E-state index in [1.54, 1.807) is 11.8 Å². The Morgan fingerprint density at radius 3 is 2.69 bits per heavy atom. The minimum absolute atomic E-state index is 0.00316. The molecule has 1 aromatic carbocycles. The molecular weight excluding hydrogens is 420 g/mol. The molecule has 7 heteroatoms. The highest BCUT2D eigenvalue weighted by atomic mass is 32.2. The largest absolute Gasteiger partial charge is 0.356 e. The number of fused-ring (bicyclic) bond motifs is 1. The monoisotopic (exact) mass is 456 g/mol. The summed E-state index contributed by atoms with van der Waals surface area (Å²) >= 11 is 1.68. The number of piperazine rings is 1. The molecule has 2 N–H and O–H groups in total. The fourth-order valence-corrected chi connectivity index (χ4v) is 6.07. The molecule has 2 heterocycles. The molecule has 0 radical (unpaired) electrons. The number of thioether (sulfide) groups is 1. The summed E-state index contributed by atoms with van der Waals surface area (Å²) in [6.45, 7) is 8.34. The Kier molecular flexibility index (Phi) is 7.92. The maximum absolute atomic E-state index is 12.7. The predicted octanol–water partition coefficient (Wildman–Crippen LogP) is 2.49. The standard InChI is InChI=1S/C25H36N4O2S/c1-18-4-6-19(7-5-18)16-23-25(31)27-21-17-20(8-9-22(21)32-23)24(30)26-10-3-11-29-14-12-28(2)13-15-29/h4-7,16,20-22H,3,8-15,17H2,1-2H3,(H,26,30)(H,27,31)/b23-16+. The Morgan fingerprint density at radius 1 is 1.19 bits per heavy atom. The van der Waals surface area contributed by atoms with Crippen molar-refractivity contribution in [2.75, 3.05) is 46.3 Å². The third-order valence-corrected chi connectivity index (χ3v) is 8.32. The minimum Gasteiger partial charge on any atom is -0.356 e. The highest BCUT2D eigenvalue weighted by molar-refractivity contribution is 8.04. The van der Waals surface area contributed by atoms with Crippen LogP contribution in [0.3, 0.4) is 0 Å². The average molecular weight is 457 g/mol. The number of benzene rings is 1. The first-order valence-electron chi connectivity index (χ1n) is 11.9. The third-order valence-electron chi connectivity index (χ3n) is 6.90. The van der Waals surface area contributed by atoms with Gasteiger partial charge in [-0.15, -0.1) is 11.8 Å². The quantitative estimate of drug-likeness (QED) is 0.509. The summed E-state index contributed by atoms with van der Waals surface area (Å²) in [6.07, 6.45) is 5.57. The maximum Gasteiger partial charge on any atom is 0.257 e. The van der Waals surface area contributed by atoms with Crippen LogP contribution >= 0.6 is 11.8 Å². The number of aryl methyl sites for hydroxylation is 1. The number of hydrogen-bond acceptors (Lipinski definition) is 5. The highest BCUT2D eigenvalue weighted by Crippen LogP contribution is 2.39. The Morgan fingerprint density at radius 2 is 1.94 bits per heavy atom. The van der Waals surface area contributed by atoms with E-state index in [-0.39, 0.29) is 23.8 Å². The van der Waals surface area contributed by atoms with Crippen LogP contribution in [0.4, 0.5) is 0 Å². The molecule has 3 aliphatic rings. The SMILES string of the molecule is Cc1ccc(/C=C2/SC3CCC(C(=O)NCCCN4CCN(C)CC4)CC3NC2=O)cc1. The van der Waals surface area contributed by atoms with Crippen molar-refractivity contribution in [3.05, 3.63) is 40.3 Å². The van der Waals surface area contributed by atoms with Gasteiger partial charge in [0.15, 0.2) is 0 Å². The van der Waals surface area contributed by atoms with E-state index in [0.29, 0.717) is 5.25 Å². The number of nitrogens with one attached hydrogen (secondary N) is 2. The van der Waals surface area contributed by atoms with Crippen LogP contribution in [0.25, 0.3) is 6.08 Å². The van der Waals surface area contributed by atoms with Crippen molar-refractivity contribution in [2.45, 2.75) is 43.9 Å². The molecule has 0 aromatic heterocycles. The van der Waals surface area contributed by atoms with Gasteiger partial charge in [-0.25, -0.2) is 0 Å². The van der Waals surface area contributed by atoms with Gasteiger partial charge in [0.1, 0.15) is 0 Å². The topological polar surface area (TPSA) is 64.7 Å². The van der Waals surface area contributed by atoms with Gasteiger partial charge < -0.3 is 20.4 Å². The van der Waals surface area contributed by atoms with Crippen LogP contribution in [0.1, 0.15) is 36.8 Å². The van der Waals surface area contributed by atoms with Crippen LogP contribution in [-0.2, 0) is 9.59 Å². The molecule has 2 amide bonds. The van der Waals surface area contributed by atoms with Crippen molar-refractivity contribution < 1.29 is 9.59 Å². The second-order valence-electron chi connectivity index (χ2n) is 9.46. The summed E-state index contributed by atoms with van der Waals surface area (Å²) in [4.78, 5) is 31.0. The summed E-state index contributed by atoms with van der Waals surface area (Å²) in [7, 11) is 2.17. The van der Waals surface area contributed by atoms with E-state index in [0.717, 1.165) is 75.4 Å². The van der Waals surface area contributed by atoms with Crippen molar-refractivity contribution in [3.8, 4) is 0 Å². The number of likely N-dealkylation sites (N-methyl/N-ethyl adjacent to an activating group) is 1.